The van der Waals surface area contributed by atoms with E-state index in [4.69, 9.17) is 0 Å². The average Bonchev–Trinajstić information content (AvgIpc) is 2.76. The van der Waals surface area contributed by atoms with Crippen molar-refractivity contribution in [1.82, 2.24) is 10.2 Å². The van der Waals surface area contributed by atoms with Crippen molar-refractivity contribution in [2.75, 3.05) is 26.7 Å². The second-order valence-corrected chi connectivity index (χ2v) is 5.52. The molecular formula is C15H23FN2. The fourth-order valence-electron chi connectivity index (χ4n) is 2.63. The highest BCUT2D eigenvalue weighted by Gasteiger charge is 2.19. The number of hydrogen-bond donors (Lipinski definition) is 1. The van der Waals surface area contributed by atoms with E-state index < -0.39 is 0 Å². The van der Waals surface area contributed by atoms with Gasteiger partial charge in [-0.25, -0.2) is 4.39 Å². The Balaban J connectivity index is 1.75. The van der Waals surface area contributed by atoms with Crippen LogP contribution in [0, 0.1) is 11.7 Å². The van der Waals surface area contributed by atoms with Gasteiger partial charge in [0, 0.05) is 12.6 Å². The number of likely N-dealkylation sites (tertiary alicyclic amines) is 1. The van der Waals surface area contributed by atoms with E-state index in [1.165, 1.54) is 25.6 Å². The van der Waals surface area contributed by atoms with Gasteiger partial charge in [0.15, 0.2) is 0 Å². The topological polar surface area (TPSA) is 15.3 Å². The van der Waals surface area contributed by atoms with Gasteiger partial charge in [-0.2, -0.15) is 0 Å². The molecule has 3 heteroatoms. The Labute approximate surface area is 109 Å². The van der Waals surface area contributed by atoms with Gasteiger partial charge in [0.1, 0.15) is 5.82 Å². The summed E-state index contributed by atoms with van der Waals surface area (Å²) in [5.74, 6) is 0.657. The molecular weight excluding hydrogens is 227 g/mol. The lowest BCUT2D eigenvalue weighted by Gasteiger charge is -2.17. The summed E-state index contributed by atoms with van der Waals surface area (Å²) >= 11 is 0. The van der Waals surface area contributed by atoms with Crippen LogP contribution in [0.4, 0.5) is 4.39 Å². The minimum Gasteiger partial charge on any atom is -0.314 e. The van der Waals surface area contributed by atoms with Crippen molar-refractivity contribution in [3.63, 3.8) is 0 Å². The fourth-order valence-corrected chi connectivity index (χ4v) is 2.63. The lowest BCUT2D eigenvalue weighted by atomic mass is 10.0. The van der Waals surface area contributed by atoms with Crippen molar-refractivity contribution in [1.29, 1.82) is 0 Å². The Morgan fingerprint density at radius 3 is 2.89 bits per heavy atom. The first-order valence-electron chi connectivity index (χ1n) is 6.80. The molecule has 1 saturated heterocycles. The van der Waals surface area contributed by atoms with E-state index in [9.17, 15) is 4.39 Å². The van der Waals surface area contributed by atoms with Gasteiger partial charge in [-0.15, -0.1) is 0 Å². The van der Waals surface area contributed by atoms with Gasteiger partial charge in [0.05, 0.1) is 0 Å². The molecule has 0 radical (unpaired) electrons. The van der Waals surface area contributed by atoms with Gasteiger partial charge < -0.3 is 10.2 Å². The number of rotatable bonds is 5. The summed E-state index contributed by atoms with van der Waals surface area (Å²) < 4.78 is 13.5. The van der Waals surface area contributed by atoms with Crippen LogP contribution in [0.1, 0.15) is 18.9 Å². The van der Waals surface area contributed by atoms with Crippen molar-refractivity contribution in [3.8, 4) is 0 Å². The standard InChI is InChI=1S/C15H23FN2/c1-12(9-14-5-3-4-6-15(14)16)17-10-13-7-8-18(2)11-13/h3-6,12-13,17H,7-11H2,1-2H3. The largest absolute Gasteiger partial charge is 0.314 e. The third-order valence-corrected chi connectivity index (χ3v) is 3.73. The predicted molar refractivity (Wildman–Crippen MR) is 73.2 cm³/mol. The summed E-state index contributed by atoms with van der Waals surface area (Å²) in [6.45, 7) is 5.55. The number of nitrogens with zero attached hydrogens (tertiary/aromatic N) is 1. The van der Waals surface area contributed by atoms with Crippen molar-refractivity contribution >= 4 is 0 Å². The first-order valence-corrected chi connectivity index (χ1v) is 6.80. The highest BCUT2D eigenvalue weighted by Crippen LogP contribution is 2.14. The van der Waals surface area contributed by atoms with E-state index in [0.717, 1.165) is 24.4 Å². The lowest BCUT2D eigenvalue weighted by molar-refractivity contribution is 0.380. The van der Waals surface area contributed by atoms with E-state index in [1.54, 1.807) is 6.07 Å². The van der Waals surface area contributed by atoms with Crippen LogP contribution in [0.2, 0.25) is 0 Å². The van der Waals surface area contributed by atoms with Crippen LogP contribution in [-0.2, 0) is 6.42 Å². The van der Waals surface area contributed by atoms with Crippen LogP contribution in [0.5, 0.6) is 0 Å². The normalized spacial score (nSPS) is 22.3. The smallest absolute Gasteiger partial charge is 0.126 e. The van der Waals surface area contributed by atoms with E-state index in [-0.39, 0.29) is 5.82 Å². The zero-order valence-electron chi connectivity index (χ0n) is 11.3. The van der Waals surface area contributed by atoms with E-state index >= 15 is 0 Å². The fraction of sp³-hybridized carbons (Fsp3) is 0.600. The molecule has 100 valence electrons. The molecule has 2 rings (SSSR count). The number of halogens is 1. The second-order valence-electron chi connectivity index (χ2n) is 5.52. The van der Waals surface area contributed by atoms with E-state index in [1.807, 2.05) is 12.1 Å². The van der Waals surface area contributed by atoms with Crippen molar-refractivity contribution < 1.29 is 4.39 Å². The molecule has 0 amide bonds. The van der Waals surface area contributed by atoms with Crippen LogP contribution < -0.4 is 5.32 Å². The Hall–Kier alpha value is -0.930. The number of hydrogen-bond acceptors (Lipinski definition) is 2. The zero-order valence-corrected chi connectivity index (χ0v) is 11.3. The minimum atomic E-state index is -0.0910. The zero-order chi connectivity index (χ0) is 13.0. The number of nitrogens with one attached hydrogen (secondary N) is 1. The molecule has 0 saturated carbocycles. The van der Waals surface area contributed by atoms with Crippen molar-refractivity contribution in [3.05, 3.63) is 35.6 Å². The molecule has 2 atom stereocenters. The van der Waals surface area contributed by atoms with Gasteiger partial charge in [0.25, 0.3) is 0 Å². The molecule has 18 heavy (non-hydrogen) atoms. The monoisotopic (exact) mass is 250 g/mol. The summed E-state index contributed by atoms with van der Waals surface area (Å²) in [5, 5.41) is 3.53. The van der Waals surface area contributed by atoms with Crippen molar-refractivity contribution in [2.24, 2.45) is 5.92 Å². The Morgan fingerprint density at radius 1 is 1.44 bits per heavy atom. The lowest BCUT2D eigenvalue weighted by Crippen LogP contribution is -2.33. The molecule has 1 aliphatic rings. The predicted octanol–water partition coefficient (Wildman–Crippen LogP) is 2.30. The maximum absolute atomic E-state index is 13.5. The highest BCUT2D eigenvalue weighted by atomic mass is 19.1. The third-order valence-electron chi connectivity index (χ3n) is 3.73. The summed E-state index contributed by atoms with van der Waals surface area (Å²) in [7, 11) is 2.17. The van der Waals surface area contributed by atoms with Gasteiger partial charge >= 0.3 is 0 Å². The molecule has 2 nitrogen and oxygen atoms in total. The Kier molecular flexibility index (Phi) is 4.72. The van der Waals surface area contributed by atoms with Crippen LogP contribution >= 0.6 is 0 Å². The summed E-state index contributed by atoms with van der Waals surface area (Å²) in [4.78, 5) is 2.37. The molecule has 0 aromatic heterocycles. The quantitative estimate of drug-likeness (QED) is 0.862. The molecule has 0 aliphatic carbocycles. The molecule has 1 heterocycles. The van der Waals surface area contributed by atoms with Crippen LogP contribution in [-0.4, -0.2) is 37.6 Å². The minimum absolute atomic E-state index is 0.0910. The Morgan fingerprint density at radius 2 is 2.22 bits per heavy atom. The SMILES string of the molecule is CC(Cc1ccccc1F)NCC1CCN(C)C1. The molecule has 1 aliphatic heterocycles. The molecule has 2 unspecified atom stereocenters. The van der Waals surface area contributed by atoms with Gasteiger partial charge in [0.2, 0.25) is 0 Å². The Bertz CT molecular complexity index is 381. The van der Waals surface area contributed by atoms with Crippen molar-refractivity contribution in [2.45, 2.75) is 25.8 Å². The van der Waals surface area contributed by atoms with Crippen LogP contribution in [0.15, 0.2) is 24.3 Å². The third kappa shape index (κ3) is 3.79. The van der Waals surface area contributed by atoms with Gasteiger partial charge in [-0.05, 0) is 57.5 Å². The first-order chi connectivity index (χ1) is 8.65. The average molecular weight is 250 g/mol. The summed E-state index contributed by atoms with van der Waals surface area (Å²) in [6, 6.07) is 7.38. The van der Waals surface area contributed by atoms with Crippen LogP contribution in [0.3, 0.4) is 0 Å². The molecule has 0 bridgehead atoms. The maximum atomic E-state index is 13.5. The first kappa shape index (κ1) is 13.5. The maximum Gasteiger partial charge on any atom is 0.126 e. The molecule has 1 fully saturated rings. The molecule has 1 aromatic rings. The summed E-state index contributed by atoms with van der Waals surface area (Å²) in [5.41, 5.74) is 0.807. The molecule has 0 spiro atoms. The summed E-state index contributed by atoms with van der Waals surface area (Å²) in [6.07, 6.45) is 2.03. The van der Waals surface area contributed by atoms with E-state index in [0.29, 0.717) is 6.04 Å². The molecule has 1 aromatic carbocycles. The molecule has 1 N–H and O–H groups in total. The van der Waals surface area contributed by atoms with E-state index in [2.05, 4.69) is 24.2 Å². The second kappa shape index (κ2) is 6.30. The van der Waals surface area contributed by atoms with Gasteiger partial charge in [-0.1, -0.05) is 18.2 Å². The van der Waals surface area contributed by atoms with Crippen LogP contribution in [0.25, 0.3) is 0 Å². The van der Waals surface area contributed by atoms with Gasteiger partial charge in [-0.3, -0.25) is 0 Å². The highest BCUT2D eigenvalue weighted by molar-refractivity contribution is 5.18. The number of benzene rings is 1.